The molecule has 0 bridgehead atoms. The summed E-state index contributed by atoms with van der Waals surface area (Å²) in [5.74, 6) is 1.56. The Balaban J connectivity index is 1.44. The van der Waals surface area contributed by atoms with E-state index in [1.54, 1.807) is 23.8 Å². The number of hydrogen-bond donors (Lipinski definition) is 2. The number of methoxy groups -OCH3 is 1. The van der Waals surface area contributed by atoms with Gasteiger partial charge in [-0.15, -0.1) is 14.9 Å². The number of nitrogens with zero attached hydrogens (tertiary/aromatic N) is 3. The van der Waals surface area contributed by atoms with E-state index in [0.717, 1.165) is 5.56 Å². The summed E-state index contributed by atoms with van der Waals surface area (Å²) in [6, 6.07) is 13.1. The van der Waals surface area contributed by atoms with Crippen LogP contribution in [-0.2, 0) is 38.9 Å². The Labute approximate surface area is 191 Å². The molecule has 9 nitrogen and oxygen atoms in total. The van der Waals surface area contributed by atoms with Crippen LogP contribution in [0.15, 0.2) is 53.4 Å². The average Bonchev–Trinajstić information content (AvgIpc) is 3.39. The highest BCUT2D eigenvalue weighted by Gasteiger charge is 2.33. The zero-order chi connectivity index (χ0) is 22.7. The van der Waals surface area contributed by atoms with Crippen LogP contribution in [0.5, 0.6) is 5.75 Å². The van der Waals surface area contributed by atoms with Crippen LogP contribution < -0.4 is 14.8 Å². The molecule has 2 N–H and O–H groups in total. The number of aromatic nitrogens is 3. The van der Waals surface area contributed by atoms with Gasteiger partial charge in [0.05, 0.1) is 12.1 Å². The van der Waals surface area contributed by atoms with E-state index in [1.807, 2.05) is 24.3 Å². The van der Waals surface area contributed by atoms with Crippen LogP contribution in [0.2, 0.25) is 5.02 Å². The maximum Gasteiger partial charge on any atom is 0.243 e. The van der Waals surface area contributed by atoms with E-state index in [0.29, 0.717) is 36.8 Å². The molecular formula is C21H22ClN5O4S. The van der Waals surface area contributed by atoms with E-state index in [1.165, 1.54) is 12.1 Å². The van der Waals surface area contributed by atoms with Crippen LogP contribution >= 0.6 is 11.6 Å². The van der Waals surface area contributed by atoms with Gasteiger partial charge in [0, 0.05) is 13.0 Å². The van der Waals surface area contributed by atoms with E-state index < -0.39 is 16.4 Å². The van der Waals surface area contributed by atoms with Crippen LogP contribution in [0.1, 0.15) is 29.7 Å². The van der Waals surface area contributed by atoms with E-state index in [9.17, 15) is 13.6 Å². The summed E-state index contributed by atoms with van der Waals surface area (Å²) in [6.45, 7) is 0.235. The number of carbonyl (C=O) groups is 1. The molecule has 2 aromatic carbocycles. The van der Waals surface area contributed by atoms with E-state index >= 15 is 0 Å². The van der Waals surface area contributed by atoms with Crippen LogP contribution in [0.25, 0.3) is 0 Å². The molecule has 1 amide bonds. The van der Waals surface area contributed by atoms with Crippen molar-refractivity contribution in [3.05, 3.63) is 70.8 Å². The quantitative estimate of drug-likeness (QED) is 0.482. The maximum absolute atomic E-state index is 12.9. The molecule has 1 aromatic heterocycles. The summed E-state index contributed by atoms with van der Waals surface area (Å²) in [7, 11) is -2.26. The number of carbonyl (C=O) groups excluding carboxylic acids is 1. The van der Waals surface area contributed by atoms with Gasteiger partial charge in [-0.05, 0) is 36.2 Å². The van der Waals surface area contributed by atoms with Gasteiger partial charge in [-0.25, -0.2) is 0 Å². The Morgan fingerprint density at radius 2 is 2.06 bits per heavy atom. The van der Waals surface area contributed by atoms with Gasteiger partial charge < -0.3 is 19.2 Å². The third-order valence-electron chi connectivity index (χ3n) is 5.24. The molecule has 2 heterocycles. The minimum absolute atomic E-state index is 0.0181. The molecular weight excluding hydrogens is 454 g/mol. The fourth-order valence-corrected chi connectivity index (χ4v) is 5.14. The molecule has 0 saturated heterocycles. The van der Waals surface area contributed by atoms with Gasteiger partial charge >= 0.3 is 0 Å². The van der Waals surface area contributed by atoms with Crippen LogP contribution in [0.4, 0.5) is 0 Å². The highest BCUT2D eigenvalue weighted by Crippen LogP contribution is 2.28. The smallest absolute Gasteiger partial charge is 0.243 e. The molecule has 2 unspecified atom stereocenters. The van der Waals surface area contributed by atoms with Crippen molar-refractivity contribution in [3.8, 4) is 5.75 Å². The Kier molecular flexibility index (Phi) is 6.56. The molecule has 0 radical (unpaired) electrons. The standard InChI is InChI=1S/C21H22ClN5O4S/c1-31-15-6-4-5-14(11-15)12-23-21(28)17-9-10-19-25-26-20(27(17)19)13-24-32(29,30)18-8-3-2-7-16(18)22/h2-8,11,17H,9-10,12-13H2,1H3,(H2-,23,24,28,29,30). The van der Waals surface area contributed by atoms with Crippen molar-refractivity contribution < 1.29 is 18.3 Å². The molecule has 1 aliphatic heterocycles. The summed E-state index contributed by atoms with van der Waals surface area (Å²) in [4.78, 5) is 12.9. The Hall–Kier alpha value is -2.79. The van der Waals surface area contributed by atoms with Gasteiger partial charge in [-0.1, -0.05) is 40.1 Å². The predicted octanol–water partition coefficient (Wildman–Crippen LogP) is 2.44. The largest absolute Gasteiger partial charge is 0.593 e. The van der Waals surface area contributed by atoms with Crippen molar-refractivity contribution in [2.45, 2.75) is 36.9 Å². The zero-order valence-electron chi connectivity index (χ0n) is 17.3. The number of aryl methyl sites for hydroxylation is 1. The number of hydrogen-bond acceptors (Lipinski definition) is 6. The lowest BCUT2D eigenvalue weighted by Gasteiger charge is -2.18. The Bertz CT molecular complexity index is 1180. The van der Waals surface area contributed by atoms with Crippen LogP contribution in [0.3, 0.4) is 0 Å². The first-order valence-corrected chi connectivity index (χ1v) is 11.8. The van der Waals surface area contributed by atoms with Gasteiger partial charge in [0.15, 0.2) is 21.1 Å². The molecule has 2 atom stereocenters. The van der Waals surface area contributed by atoms with Crippen molar-refractivity contribution in [3.63, 3.8) is 0 Å². The molecule has 4 rings (SSSR count). The first-order valence-electron chi connectivity index (χ1n) is 9.96. The molecule has 0 fully saturated rings. The van der Waals surface area contributed by atoms with Crippen molar-refractivity contribution in [1.29, 1.82) is 0 Å². The number of fused-ring (bicyclic) bond motifs is 1. The van der Waals surface area contributed by atoms with Crippen molar-refractivity contribution in [1.82, 2.24) is 24.8 Å². The lowest BCUT2D eigenvalue weighted by Crippen LogP contribution is -2.34. The number of rotatable bonds is 8. The second kappa shape index (κ2) is 9.37. The molecule has 11 heteroatoms. The lowest BCUT2D eigenvalue weighted by molar-refractivity contribution is -0.124. The zero-order valence-corrected chi connectivity index (χ0v) is 18.9. The lowest BCUT2D eigenvalue weighted by atomic mass is 10.1. The van der Waals surface area contributed by atoms with Crippen LogP contribution in [-0.4, -0.2) is 32.3 Å². The summed E-state index contributed by atoms with van der Waals surface area (Å²) in [5.41, 5.74) is 0.910. The first kappa shape index (κ1) is 22.4. The molecule has 0 aliphatic carbocycles. The van der Waals surface area contributed by atoms with Crippen molar-refractivity contribution >= 4 is 27.9 Å². The Morgan fingerprint density at radius 1 is 1.25 bits per heavy atom. The fourth-order valence-electron chi connectivity index (χ4n) is 3.64. The summed E-state index contributed by atoms with van der Waals surface area (Å²) in [6.07, 6.45) is 1.15. The Morgan fingerprint density at radius 3 is 2.84 bits per heavy atom. The molecule has 3 aromatic rings. The van der Waals surface area contributed by atoms with Gasteiger partial charge in [0.2, 0.25) is 5.91 Å². The minimum Gasteiger partial charge on any atom is -0.593 e. The first-order chi connectivity index (χ1) is 15.4. The number of halogens is 1. The number of sulfonamides is 1. The maximum atomic E-state index is 12.9. The minimum atomic E-state index is -3.85. The molecule has 168 valence electrons. The second-order valence-corrected chi connectivity index (χ2v) is 9.42. The van der Waals surface area contributed by atoms with Crippen molar-refractivity contribution in [2.75, 3.05) is 7.11 Å². The van der Waals surface area contributed by atoms with E-state index in [4.69, 9.17) is 16.3 Å². The monoisotopic (exact) mass is 475 g/mol. The summed E-state index contributed by atoms with van der Waals surface area (Å²) < 4.78 is 34.7. The second-order valence-electron chi connectivity index (χ2n) is 7.28. The fraction of sp³-hybridized carbons (Fsp3) is 0.286. The van der Waals surface area contributed by atoms with Gasteiger partial charge in [-0.3, -0.25) is 4.79 Å². The van der Waals surface area contributed by atoms with Gasteiger partial charge in [0.1, 0.15) is 24.2 Å². The number of ether oxygens (including phenoxy) is 1. The van der Waals surface area contributed by atoms with Crippen molar-refractivity contribution in [2.24, 2.45) is 0 Å². The molecule has 32 heavy (non-hydrogen) atoms. The van der Waals surface area contributed by atoms with E-state index in [2.05, 4.69) is 20.2 Å². The van der Waals surface area contributed by atoms with Gasteiger partial charge in [-0.2, -0.15) is 0 Å². The highest BCUT2D eigenvalue weighted by atomic mass is 35.5. The third-order valence-corrected chi connectivity index (χ3v) is 7.14. The molecule has 1 aliphatic rings. The topological polar surface area (TPSA) is 121 Å². The predicted molar refractivity (Wildman–Crippen MR) is 118 cm³/mol. The third kappa shape index (κ3) is 4.68. The summed E-state index contributed by atoms with van der Waals surface area (Å²) >= 11 is 6.02. The average molecular weight is 476 g/mol. The molecule has 0 spiro atoms. The summed E-state index contributed by atoms with van der Waals surface area (Å²) in [5, 5.41) is 11.3. The normalized spacial score (nSPS) is 16.9. The number of amides is 1. The molecule has 0 saturated carbocycles. The number of benzene rings is 2. The number of nitrogens with one attached hydrogen (secondary N) is 2. The van der Waals surface area contributed by atoms with Gasteiger partial charge in [0.25, 0.3) is 0 Å². The SMILES string of the molecule is COc1cccc(CNC(=O)C2CCc3nnc(CN[S+](=O)([O-])c4ccccc4Cl)n32)c1. The highest BCUT2D eigenvalue weighted by molar-refractivity contribution is 7.95. The van der Waals surface area contributed by atoms with Crippen LogP contribution in [0, 0.1) is 0 Å². The van der Waals surface area contributed by atoms with E-state index in [-0.39, 0.29) is 22.4 Å².